The lowest BCUT2D eigenvalue weighted by Crippen LogP contribution is -2.39. The summed E-state index contributed by atoms with van der Waals surface area (Å²) in [5.41, 5.74) is 0.625. The summed E-state index contributed by atoms with van der Waals surface area (Å²) < 4.78 is 11.2. The molecule has 7 heteroatoms. The molecular formula is C15H21N5O2. The summed E-state index contributed by atoms with van der Waals surface area (Å²) in [7, 11) is 0. The quantitative estimate of drug-likeness (QED) is 0.806. The Morgan fingerprint density at radius 1 is 1.41 bits per heavy atom. The molecule has 1 saturated heterocycles. The standard InChI is InChI=1S/C15H21N5O2/c1-2-8-21-12-4-3-7-20(10-12)11-14-18-15(19-22-14)13-9-16-5-6-17-13/h5-6,9,12H,2-4,7-8,10-11H2,1H3/t12-/m1/s1. The van der Waals surface area contributed by atoms with Gasteiger partial charge in [0.1, 0.15) is 5.69 Å². The first-order valence-corrected chi connectivity index (χ1v) is 7.78. The molecule has 0 spiro atoms. The van der Waals surface area contributed by atoms with Gasteiger partial charge in [0.25, 0.3) is 0 Å². The molecule has 1 aliphatic heterocycles. The first kappa shape index (κ1) is 15.1. The van der Waals surface area contributed by atoms with E-state index in [1.165, 1.54) is 0 Å². The van der Waals surface area contributed by atoms with Crippen molar-refractivity contribution in [2.24, 2.45) is 0 Å². The largest absolute Gasteiger partial charge is 0.377 e. The van der Waals surface area contributed by atoms with Crippen molar-refractivity contribution >= 4 is 0 Å². The second kappa shape index (κ2) is 7.42. The van der Waals surface area contributed by atoms with E-state index in [2.05, 4.69) is 31.9 Å². The fraction of sp³-hybridized carbons (Fsp3) is 0.600. The van der Waals surface area contributed by atoms with Gasteiger partial charge in [0, 0.05) is 25.5 Å². The van der Waals surface area contributed by atoms with Gasteiger partial charge in [-0.2, -0.15) is 4.98 Å². The van der Waals surface area contributed by atoms with Crippen LogP contribution in [-0.2, 0) is 11.3 Å². The molecule has 1 atom stereocenters. The van der Waals surface area contributed by atoms with Crippen LogP contribution in [0.15, 0.2) is 23.1 Å². The molecule has 0 unspecified atom stereocenters. The third-order valence-corrected chi connectivity index (χ3v) is 3.64. The van der Waals surface area contributed by atoms with Crippen LogP contribution < -0.4 is 0 Å². The predicted molar refractivity (Wildman–Crippen MR) is 79.9 cm³/mol. The van der Waals surface area contributed by atoms with Crippen molar-refractivity contribution in [3.8, 4) is 11.5 Å². The highest BCUT2D eigenvalue weighted by Crippen LogP contribution is 2.17. The van der Waals surface area contributed by atoms with Crippen molar-refractivity contribution in [3.05, 3.63) is 24.5 Å². The van der Waals surface area contributed by atoms with Crippen LogP contribution in [0.5, 0.6) is 0 Å². The normalized spacial score (nSPS) is 19.4. The molecule has 3 rings (SSSR count). The van der Waals surface area contributed by atoms with Gasteiger partial charge in [0.2, 0.25) is 11.7 Å². The van der Waals surface area contributed by atoms with Crippen LogP contribution >= 0.6 is 0 Å². The lowest BCUT2D eigenvalue weighted by atomic mass is 10.1. The fourth-order valence-electron chi connectivity index (χ4n) is 2.61. The Labute approximate surface area is 129 Å². The van der Waals surface area contributed by atoms with Crippen molar-refractivity contribution in [2.45, 2.75) is 38.8 Å². The second-order valence-corrected chi connectivity index (χ2v) is 5.47. The Morgan fingerprint density at radius 2 is 2.36 bits per heavy atom. The van der Waals surface area contributed by atoms with Crippen LogP contribution in [0, 0.1) is 0 Å². The van der Waals surface area contributed by atoms with Gasteiger partial charge in [-0.1, -0.05) is 12.1 Å². The average molecular weight is 303 g/mol. The van der Waals surface area contributed by atoms with Gasteiger partial charge < -0.3 is 9.26 Å². The van der Waals surface area contributed by atoms with Crippen LogP contribution in [-0.4, -0.2) is 50.8 Å². The highest BCUT2D eigenvalue weighted by atomic mass is 16.5. The highest BCUT2D eigenvalue weighted by Gasteiger charge is 2.22. The second-order valence-electron chi connectivity index (χ2n) is 5.47. The molecule has 0 saturated carbocycles. The SMILES string of the molecule is CCCO[C@@H]1CCCN(Cc2nc(-c3cnccn3)no2)C1. The molecule has 0 bridgehead atoms. The molecule has 2 aromatic rings. The van der Waals surface area contributed by atoms with Gasteiger partial charge in [0.05, 0.1) is 18.8 Å². The van der Waals surface area contributed by atoms with Gasteiger partial charge in [-0.15, -0.1) is 0 Å². The monoisotopic (exact) mass is 303 g/mol. The molecule has 0 N–H and O–H groups in total. The van der Waals surface area contributed by atoms with E-state index in [9.17, 15) is 0 Å². The van der Waals surface area contributed by atoms with Crippen molar-refractivity contribution in [1.29, 1.82) is 0 Å². The summed E-state index contributed by atoms with van der Waals surface area (Å²) >= 11 is 0. The summed E-state index contributed by atoms with van der Waals surface area (Å²) in [6.45, 7) is 5.57. The molecule has 1 fully saturated rings. The van der Waals surface area contributed by atoms with E-state index in [1.807, 2.05) is 0 Å². The van der Waals surface area contributed by atoms with E-state index in [-0.39, 0.29) is 0 Å². The Balaban J connectivity index is 1.58. The molecule has 0 amide bonds. The maximum Gasteiger partial charge on any atom is 0.241 e. The van der Waals surface area contributed by atoms with Crippen molar-refractivity contribution in [3.63, 3.8) is 0 Å². The molecule has 22 heavy (non-hydrogen) atoms. The number of nitrogens with zero attached hydrogens (tertiary/aromatic N) is 5. The number of rotatable bonds is 6. The summed E-state index contributed by atoms with van der Waals surface area (Å²) in [5.74, 6) is 1.09. The maximum absolute atomic E-state index is 5.85. The zero-order valence-corrected chi connectivity index (χ0v) is 12.8. The average Bonchev–Trinajstić information content (AvgIpc) is 3.03. The van der Waals surface area contributed by atoms with Crippen molar-refractivity contribution in [2.75, 3.05) is 19.7 Å². The summed E-state index contributed by atoms with van der Waals surface area (Å²) in [6, 6.07) is 0. The lowest BCUT2D eigenvalue weighted by Gasteiger charge is -2.31. The topological polar surface area (TPSA) is 77.2 Å². The highest BCUT2D eigenvalue weighted by molar-refractivity contribution is 5.45. The van der Waals surface area contributed by atoms with Gasteiger partial charge in [0.15, 0.2) is 0 Å². The van der Waals surface area contributed by atoms with E-state index < -0.39 is 0 Å². The van der Waals surface area contributed by atoms with Crippen LogP contribution in [0.25, 0.3) is 11.5 Å². The Bertz CT molecular complexity index is 574. The fourth-order valence-corrected chi connectivity index (χ4v) is 2.61. The molecular weight excluding hydrogens is 282 g/mol. The molecule has 118 valence electrons. The number of aromatic nitrogens is 4. The predicted octanol–water partition coefficient (Wildman–Crippen LogP) is 1.92. The Hall–Kier alpha value is -1.86. The van der Waals surface area contributed by atoms with Crippen molar-refractivity contribution < 1.29 is 9.26 Å². The van der Waals surface area contributed by atoms with Crippen LogP contribution in [0.1, 0.15) is 32.1 Å². The Morgan fingerprint density at radius 3 is 3.18 bits per heavy atom. The lowest BCUT2D eigenvalue weighted by molar-refractivity contribution is -0.00455. The molecule has 0 aliphatic carbocycles. The molecule has 7 nitrogen and oxygen atoms in total. The number of likely N-dealkylation sites (tertiary alicyclic amines) is 1. The van der Waals surface area contributed by atoms with Crippen molar-refractivity contribution in [1.82, 2.24) is 25.0 Å². The number of hydrogen-bond acceptors (Lipinski definition) is 7. The van der Waals surface area contributed by atoms with E-state index in [1.54, 1.807) is 18.6 Å². The number of piperidine rings is 1. The zero-order valence-electron chi connectivity index (χ0n) is 12.8. The maximum atomic E-state index is 5.85. The first-order valence-electron chi connectivity index (χ1n) is 7.78. The van der Waals surface area contributed by atoms with Gasteiger partial charge in [-0.25, -0.2) is 4.98 Å². The van der Waals surface area contributed by atoms with Gasteiger partial charge in [-0.3, -0.25) is 9.88 Å². The van der Waals surface area contributed by atoms with Crippen LogP contribution in [0.2, 0.25) is 0 Å². The van der Waals surface area contributed by atoms with E-state index in [0.717, 1.165) is 39.0 Å². The van der Waals surface area contributed by atoms with Crippen LogP contribution in [0.3, 0.4) is 0 Å². The van der Waals surface area contributed by atoms with Gasteiger partial charge in [-0.05, 0) is 25.8 Å². The molecule has 3 heterocycles. The van der Waals surface area contributed by atoms with Gasteiger partial charge >= 0.3 is 0 Å². The summed E-state index contributed by atoms with van der Waals surface area (Å²) in [4.78, 5) is 14.9. The first-order chi connectivity index (χ1) is 10.8. The molecule has 2 aromatic heterocycles. The van der Waals surface area contributed by atoms with Crippen LogP contribution in [0.4, 0.5) is 0 Å². The van der Waals surface area contributed by atoms with E-state index in [4.69, 9.17) is 9.26 Å². The minimum absolute atomic E-state index is 0.316. The molecule has 1 aliphatic rings. The van der Waals surface area contributed by atoms with E-state index in [0.29, 0.717) is 30.1 Å². The third kappa shape index (κ3) is 3.86. The summed E-state index contributed by atoms with van der Waals surface area (Å²) in [6.07, 6.45) is 8.51. The van der Waals surface area contributed by atoms with E-state index >= 15 is 0 Å². The molecule has 0 aromatic carbocycles. The third-order valence-electron chi connectivity index (χ3n) is 3.64. The minimum atomic E-state index is 0.316. The summed E-state index contributed by atoms with van der Waals surface area (Å²) in [5, 5.41) is 3.97. The number of ether oxygens (including phenoxy) is 1. The molecule has 0 radical (unpaired) electrons. The Kier molecular flexibility index (Phi) is 5.07. The number of hydrogen-bond donors (Lipinski definition) is 0. The minimum Gasteiger partial charge on any atom is -0.377 e. The smallest absolute Gasteiger partial charge is 0.241 e. The zero-order chi connectivity index (χ0) is 15.2.